The normalized spacial score (nSPS) is 37.5. The molecule has 2 heterocycles. The molecule has 1 spiro atoms. The third-order valence-electron chi connectivity index (χ3n) is 10.8. The number of ether oxygens (including phenoxy) is 1. The molecule has 0 bridgehead atoms. The van der Waals surface area contributed by atoms with Gasteiger partial charge in [-0.3, -0.25) is 4.79 Å². The van der Waals surface area contributed by atoms with Gasteiger partial charge in [-0.05, 0) is 110 Å². The number of hydrogen-bond acceptors (Lipinski definition) is 3. The lowest BCUT2D eigenvalue weighted by Gasteiger charge is -2.52. The van der Waals surface area contributed by atoms with Gasteiger partial charge in [-0.25, -0.2) is 0 Å². The van der Waals surface area contributed by atoms with E-state index < -0.39 is 0 Å². The molecule has 6 aliphatic rings. The molecule has 0 N–H and O–H groups in total. The van der Waals surface area contributed by atoms with Gasteiger partial charge >= 0.3 is 0 Å². The molecule has 3 fully saturated rings. The fraction of sp³-hybridized carbons (Fsp3) is 0.633. The van der Waals surface area contributed by atoms with Gasteiger partial charge in [0.05, 0.1) is 5.60 Å². The second-order valence-electron chi connectivity index (χ2n) is 11.9. The van der Waals surface area contributed by atoms with Crippen LogP contribution in [0.2, 0.25) is 0 Å². The smallest absolute Gasteiger partial charge is 0.164 e. The maximum atomic E-state index is 13.3. The number of carbonyl (C=O) groups excluding carboxylic acids is 1. The van der Waals surface area contributed by atoms with Crippen molar-refractivity contribution in [2.45, 2.75) is 83.2 Å². The molecule has 4 atom stereocenters. The van der Waals surface area contributed by atoms with E-state index in [2.05, 4.69) is 37.1 Å². The fourth-order valence-electron chi connectivity index (χ4n) is 9.13. The Labute approximate surface area is 198 Å². The first-order chi connectivity index (χ1) is 16.0. The number of allylic oxidation sites excluding steroid dienone is 4. The number of Topliss-reactive ketones (excluding diaryl/α,β-unsaturated/α-hetero) is 1. The first-order valence-corrected chi connectivity index (χ1v) is 13.5. The Morgan fingerprint density at radius 2 is 1.91 bits per heavy atom. The summed E-state index contributed by atoms with van der Waals surface area (Å²) >= 11 is 0. The Balaban J connectivity index is 1.30. The monoisotopic (exact) mass is 443 g/mol. The van der Waals surface area contributed by atoms with E-state index in [1.807, 2.05) is 0 Å². The van der Waals surface area contributed by atoms with Gasteiger partial charge in [-0.2, -0.15) is 0 Å². The number of hydrogen-bond donors (Lipinski definition) is 0. The van der Waals surface area contributed by atoms with Crippen molar-refractivity contribution in [1.82, 2.24) is 0 Å². The van der Waals surface area contributed by atoms with Crippen LogP contribution in [-0.2, 0) is 16.0 Å². The summed E-state index contributed by atoms with van der Waals surface area (Å²) in [7, 11) is 2.17. The highest BCUT2D eigenvalue weighted by Gasteiger charge is 2.62. The van der Waals surface area contributed by atoms with Gasteiger partial charge < -0.3 is 9.64 Å². The molecule has 0 amide bonds. The SMILES string of the molecule is CN1CCc2cc(C3=C4CC[C@@H]5C(=C4CCC3=O)CC[C@@]3(C)[C@H]5CCC34CCCO4)ccc21. The molecule has 0 aromatic heterocycles. The van der Waals surface area contributed by atoms with Gasteiger partial charge in [-0.15, -0.1) is 0 Å². The standard InChI is InChI=1S/C30H37NO2/c1-29-14-10-22-21-7-9-27(32)28(20-4-8-26-19(18-20)12-16-31(26)2)24(21)6-5-23(22)25(29)11-15-30(29)13-3-17-33-30/h4,8,18,23,25H,3,5-7,9-17H2,1-2H3/t23-,25+,29+,30?/m1/s1. The fourth-order valence-corrected chi connectivity index (χ4v) is 9.13. The van der Waals surface area contributed by atoms with Crippen LogP contribution >= 0.6 is 0 Å². The zero-order valence-electron chi connectivity index (χ0n) is 20.3. The summed E-state index contributed by atoms with van der Waals surface area (Å²) in [6, 6.07) is 6.79. The van der Waals surface area contributed by atoms with Gasteiger partial charge in [-0.1, -0.05) is 18.6 Å². The van der Waals surface area contributed by atoms with Crippen LogP contribution in [-0.4, -0.2) is 31.6 Å². The molecule has 1 saturated heterocycles. The predicted molar refractivity (Wildman–Crippen MR) is 132 cm³/mol. The van der Waals surface area contributed by atoms with Crippen LogP contribution in [0.1, 0.15) is 82.3 Å². The summed E-state index contributed by atoms with van der Waals surface area (Å²) in [4.78, 5) is 15.6. The lowest BCUT2D eigenvalue weighted by molar-refractivity contribution is -0.114. The Kier molecular flexibility index (Phi) is 4.39. The number of likely N-dealkylation sites (N-methyl/N-ethyl adjacent to an activating group) is 1. The van der Waals surface area contributed by atoms with Crippen LogP contribution in [0.5, 0.6) is 0 Å². The minimum atomic E-state index is 0.162. The second-order valence-corrected chi connectivity index (χ2v) is 11.9. The third kappa shape index (κ3) is 2.69. The number of rotatable bonds is 1. The van der Waals surface area contributed by atoms with Gasteiger partial charge in [0, 0.05) is 43.3 Å². The lowest BCUT2D eigenvalue weighted by atomic mass is 9.54. The first-order valence-electron chi connectivity index (χ1n) is 13.5. The van der Waals surface area contributed by atoms with E-state index in [0.29, 0.717) is 23.5 Å². The molecule has 0 radical (unpaired) electrons. The van der Waals surface area contributed by atoms with E-state index in [1.165, 1.54) is 67.3 Å². The predicted octanol–water partition coefficient (Wildman–Crippen LogP) is 6.26. The van der Waals surface area contributed by atoms with Gasteiger partial charge in [0.1, 0.15) is 0 Å². The highest BCUT2D eigenvalue weighted by Crippen LogP contribution is 2.66. The Morgan fingerprint density at radius 1 is 1.00 bits per heavy atom. The zero-order valence-corrected chi connectivity index (χ0v) is 20.3. The van der Waals surface area contributed by atoms with Crippen LogP contribution in [0, 0.1) is 17.3 Å². The summed E-state index contributed by atoms with van der Waals surface area (Å²) in [5.74, 6) is 1.86. The van der Waals surface area contributed by atoms with Crippen molar-refractivity contribution in [3.63, 3.8) is 0 Å². The van der Waals surface area contributed by atoms with Crippen molar-refractivity contribution < 1.29 is 9.53 Å². The van der Waals surface area contributed by atoms with Crippen LogP contribution in [0.25, 0.3) is 5.57 Å². The van der Waals surface area contributed by atoms with Crippen molar-refractivity contribution >= 4 is 17.0 Å². The van der Waals surface area contributed by atoms with Crippen LogP contribution in [0.15, 0.2) is 34.9 Å². The molecule has 1 unspecified atom stereocenters. The highest BCUT2D eigenvalue weighted by atomic mass is 16.5. The number of carbonyl (C=O) groups is 1. The number of ketones is 1. The molecule has 2 saturated carbocycles. The Bertz CT molecular complexity index is 1100. The van der Waals surface area contributed by atoms with E-state index in [0.717, 1.165) is 43.9 Å². The van der Waals surface area contributed by atoms with E-state index in [-0.39, 0.29) is 5.60 Å². The largest absolute Gasteiger partial charge is 0.374 e. The molecular weight excluding hydrogens is 406 g/mol. The number of benzene rings is 1. The van der Waals surface area contributed by atoms with E-state index in [4.69, 9.17) is 4.74 Å². The van der Waals surface area contributed by atoms with Crippen LogP contribution < -0.4 is 4.90 Å². The van der Waals surface area contributed by atoms with Crippen LogP contribution in [0.4, 0.5) is 5.69 Å². The topological polar surface area (TPSA) is 29.5 Å². The van der Waals surface area contributed by atoms with Crippen molar-refractivity contribution in [3.8, 4) is 0 Å². The summed E-state index contributed by atoms with van der Waals surface area (Å²) in [6.07, 6.45) is 12.7. The van der Waals surface area contributed by atoms with Crippen LogP contribution in [0.3, 0.4) is 0 Å². The minimum absolute atomic E-state index is 0.162. The number of nitrogens with zero attached hydrogens (tertiary/aromatic N) is 1. The maximum Gasteiger partial charge on any atom is 0.164 e. The average molecular weight is 444 g/mol. The van der Waals surface area contributed by atoms with Crippen molar-refractivity contribution in [2.24, 2.45) is 17.3 Å². The quantitative estimate of drug-likeness (QED) is 0.513. The van der Waals surface area contributed by atoms with Crippen molar-refractivity contribution in [1.29, 1.82) is 0 Å². The molecule has 1 aromatic carbocycles. The molecule has 3 heteroatoms. The molecule has 7 rings (SSSR count). The lowest BCUT2D eigenvalue weighted by Crippen LogP contribution is -2.49. The Morgan fingerprint density at radius 3 is 2.76 bits per heavy atom. The van der Waals surface area contributed by atoms with E-state index in [9.17, 15) is 4.79 Å². The Hall–Kier alpha value is -1.87. The molecule has 1 aromatic rings. The van der Waals surface area contributed by atoms with E-state index >= 15 is 0 Å². The second kappa shape index (κ2) is 7.07. The molecule has 174 valence electrons. The first kappa shape index (κ1) is 20.5. The number of fused-ring (bicyclic) bond motifs is 6. The zero-order chi connectivity index (χ0) is 22.4. The molecular formula is C30H37NO2. The van der Waals surface area contributed by atoms with Crippen molar-refractivity contribution in [3.05, 3.63) is 46.0 Å². The minimum Gasteiger partial charge on any atom is -0.374 e. The summed E-state index contributed by atoms with van der Waals surface area (Å²) in [6.45, 7) is 4.62. The molecule has 4 aliphatic carbocycles. The number of anilines is 1. The summed E-state index contributed by atoms with van der Waals surface area (Å²) in [5, 5.41) is 0. The highest BCUT2D eigenvalue weighted by molar-refractivity contribution is 6.23. The summed E-state index contributed by atoms with van der Waals surface area (Å²) < 4.78 is 6.52. The molecule has 33 heavy (non-hydrogen) atoms. The summed E-state index contributed by atoms with van der Waals surface area (Å²) in [5.41, 5.74) is 10.2. The maximum absolute atomic E-state index is 13.3. The third-order valence-corrected chi connectivity index (χ3v) is 10.8. The van der Waals surface area contributed by atoms with Gasteiger partial charge in [0.25, 0.3) is 0 Å². The van der Waals surface area contributed by atoms with E-state index in [1.54, 1.807) is 11.1 Å². The van der Waals surface area contributed by atoms with Crippen molar-refractivity contribution in [2.75, 3.05) is 25.1 Å². The van der Waals surface area contributed by atoms with Gasteiger partial charge in [0.15, 0.2) is 5.78 Å². The van der Waals surface area contributed by atoms with Gasteiger partial charge in [0.2, 0.25) is 0 Å². The average Bonchev–Trinajstić information content (AvgIpc) is 3.52. The molecule has 3 nitrogen and oxygen atoms in total. The molecule has 2 aliphatic heterocycles.